The average molecular weight is 580 g/mol. The second kappa shape index (κ2) is 11.8. The lowest BCUT2D eigenvalue weighted by Gasteiger charge is -2.30. The number of Topliss-reactive ketones (excluding diaryl/α,β-unsaturated/α-hetero) is 1. The molecule has 1 fully saturated rings. The molecule has 0 aliphatic carbocycles. The third kappa shape index (κ3) is 5.47. The zero-order valence-electron chi connectivity index (χ0n) is 21.7. The van der Waals surface area contributed by atoms with Gasteiger partial charge in [0.15, 0.2) is 29.6 Å². The Kier molecular flexibility index (Phi) is 8.63. The lowest BCUT2D eigenvalue weighted by Crippen LogP contribution is -2.52. The van der Waals surface area contributed by atoms with Crippen LogP contribution in [0, 0.1) is 0 Å². The second-order valence-corrected chi connectivity index (χ2v) is 9.32. The number of hydrogen-bond donors (Lipinski definition) is 2. The van der Waals surface area contributed by atoms with Gasteiger partial charge in [0.25, 0.3) is 0 Å². The molecule has 0 radical (unpaired) electrons. The summed E-state index contributed by atoms with van der Waals surface area (Å²) in [5, 5.41) is 10.4. The molecule has 1 aliphatic rings. The first-order chi connectivity index (χ1) is 19.0. The molecule has 1 unspecified atom stereocenters. The van der Waals surface area contributed by atoms with Crippen LogP contribution in [0.25, 0.3) is 11.2 Å². The Morgan fingerprint density at radius 2 is 1.95 bits per heavy atom. The van der Waals surface area contributed by atoms with Gasteiger partial charge in [-0.05, 0) is 43.1 Å². The first kappa shape index (κ1) is 29.3. The Hall–Kier alpha value is -3.72. The SMILES string of the molecule is CCOC(=O)C(Cc1ccc(C(=O)OC)cc1)(OC[C@H]1O[C@@H](n2cnc3c(N)nc(Cl)nc32)[C@@H](F)[C@@H]1O)C(C)=O. The van der Waals surface area contributed by atoms with Gasteiger partial charge in [-0.15, -0.1) is 0 Å². The van der Waals surface area contributed by atoms with Crippen LogP contribution in [0.15, 0.2) is 30.6 Å². The molecular weight excluding hydrogens is 553 g/mol. The average Bonchev–Trinajstić information content (AvgIpc) is 3.47. The van der Waals surface area contributed by atoms with Crippen LogP contribution < -0.4 is 5.73 Å². The molecule has 3 N–H and O–H groups in total. The molecule has 0 spiro atoms. The van der Waals surface area contributed by atoms with E-state index in [1.807, 2.05) is 0 Å². The summed E-state index contributed by atoms with van der Waals surface area (Å²) < 4.78 is 37.9. The molecule has 5 atom stereocenters. The fraction of sp³-hybridized carbons (Fsp3) is 0.440. The highest BCUT2D eigenvalue weighted by molar-refractivity contribution is 6.28. The molecule has 0 bridgehead atoms. The molecule has 1 aliphatic heterocycles. The van der Waals surface area contributed by atoms with E-state index in [-0.39, 0.29) is 40.9 Å². The Balaban J connectivity index is 1.58. The number of ether oxygens (including phenoxy) is 4. The van der Waals surface area contributed by atoms with Crippen molar-refractivity contribution in [3.8, 4) is 0 Å². The first-order valence-corrected chi connectivity index (χ1v) is 12.5. The molecule has 13 nitrogen and oxygen atoms in total. The molecule has 3 heterocycles. The number of esters is 2. The molecule has 0 saturated carbocycles. The standard InChI is InChI=1S/C25H27ClFN5O8/c1-4-38-23(36)25(12(2)33,9-13-5-7-14(8-6-13)22(35)37-3)39-10-15-18(34)16(27)21(40-15)32-11-29-17-19(28)30-24(26)31-20(17)32/h5-8,11,15-16,18,21,34H,4,9-10H2,1-3H3,(H2,28,30,31)/t15-,16+,18-,21-,25?/m1/s1. The summed E-state index contributed by atoms with van der Waals surface area (Å²) >= 11 is 5.89. The summed E-state index contributed by atoms with van der Waals surface area (Å²) in [7, 11) is 1.24. The summed E-state index contributed by atoms with van der Waals surface area (Å²) in [6, 6.07) is 6.00. The summed E-state index contributed by atoms with van der Waals surface area (Å²) in [5.41, 5.74) is 4.63. The number of fused-ring (bicyclic) bond motifs is 1. The fourth-order valence-corrected chi connectivity index (χ4v) is 4.52. The largest absolute Gasteiger partial charge is 0.465 e. The normalized spacial score (nSPS) is 22.1. The summed E-state index contributed by atoms with van der Waals surface area (Å²) in [4.78, 5) is 49.6. The van der Waals surface area contributed by atoms with E-state index in [4.69, 9.17) is 31.5 Å². The van der Waals surface area contributed by atoms with Gasteiger partial charge in [0.2, 0.25) is 10.9 Å². The van der Waals surface area contributed by atoms with Crippen molar-refractivity contribution in [2.24, 2.45) is 0 Å². The molecule has 0 amide bonds. The number of hydrogen-bond acceptors (Lipinski definition) is 12. The number of anilines is 1. The van der Waals surface area contributed by atoms with E-state index in [9.17, 15) is 19.5 Å². The van der Waals surface area contributed by atoms with E-state index >= 15 is 4.39 Å². The van der Waals surface area contributed by atoms with Gasteiger partial charge in [0.05, 0.1) is 32.2 Å². The maximum absolute atomic E-state index is 15.3. The molecule has 2 aromatic heterocycles. The predicted molar refractivity (Wildman–Crippen MR) is 137 cm³/mol. The third-order valence-electron chi connectivity index (χ3n) is 6.49. The van der Waals surface area contributed by atoms with E-state index in [1.54, 1.807) is 6.92 Å². The minimum absolute atomic E-state index is 0.0251. The lowest BCUT2D eigenvalue weighted by molar-refractivity contribution is -0.183. The van der Waals surface area contributed by atoms with E-state index in [2.05, 4.69) is 19.7 Å². The highest BCUT2D eigenvalue weighted by atomic mass is 35.5. The number of nitrogen functional groups attached to an aromatic ring is 1. The number of alkyl halides is 1. The van der Waals surface area contributed by atoms with Gasteiger partial charge in [-0.3, -0.25) is 9.36 Å². The highest BCUT2D eigenvalue weighted by Crippen LogP contribution is 2.35. The first-order valence-electron chi connectivity index (χ1n) is 12.1. The van der Waals surface area contributed by atoms with Crippen molar-refractivity contribution in [3.05, 3.63) is 47.0 Å². The van der Waals surface area contributed by atoms with Gasteiger partial charge in [-0.1, -0.05) is 12.1 Å². The quantitative estimate of drug-likeness (QED) is 0.202. The number of ketones is 1. The van der Waals surface area contributed by atoms with Crippen LogP contribution in [0.1, 0.15) is 36.0 Å². The van der Waals surface area contributed by atoms with Gasteiger partial charge in [0, 0.05) is 6.42 Å². The van der Waals surface area contributed by atoms with Crippen molar-refractivity contribution in [2.75, 3.05) is 26.1 Å². The van der Waals surface area contributed by atoms with Crippen molar-refractivity contribution in [2.45, 2.75) is 50.5 Å². The van der Waals surface area contributed by atoms with Crippen molar-refractivity contribution in [3.63, 3.8) is 0 Å². The number of carbonyl (C=O) groups is 3. The molecule has 15 heteroatoms. The van der Waals surface area contributed by atoms with Gasteiger partial charge < -0.3 is 29.8 Å². The van der Waals surface area contributed by atoms with Gasteiger partial charge in [0.1, 0.15) is 17.7 Å². The molecule has 214 valence electrons. The Labute approximate surface area is 232 Å². The fourth-order valence-electron chi connectivity index (χ4n) is 4.35. The van der Waals surface area contributed by atoms with Crippen molar-refractivity contribution in [1.29, 1.82) is 0 Å². The summed E-state index contributed by atoms with van der Waals surface area (Å²) in [6.07, 6.45) is -5.43. The summed E-state index contributed by atoms with van der Waals surface area (Å²) in [5.74, 6) is -2.24. The van der Waals surface area contributed by atoms with Gasteiger partial charge in [-0.2, -0.15) is 9.97 Å². The highest BCUT2D eigenvalue weighted by Gasteiger charge is 2.51. The van der Waals surface area contributed by atoms with Gasteiger partial charge >= 0.3 is 11.9 Å². The zero-order chi connectivity index (χ0) is 29.2. The van der Waals surface area contributed by atoms with E-state index in [0.29, 0.717) is 5.56 Å². The van der Waals surface area contributed by atoms with Crippen molar-refractivity contribution < 1.29 is 42.8 Å². The number of halogens is 2. The smallest absolute Gasteiger partial charge is 0.346 e. The zero-order valence-corrected chi connectivity index (χ0v) is 22.5. The second-order valence-electron chi connectivity index (χ2n) is 8.98. The Bertz CT molecular complexity index is 1420. The molecule has 40 heavy (non-hydrogen) atoms. The summed E-state index contributed by atoms with van der Waals surface area (Å²) in [6.45, 7) is 2.12. The van der Waals surface area contributed by atoms with Crippen molar-refractivity contribution in [1.82, 2.24) is 19.5 Å². The maximum Gasteiger partial charge on any atom is 0.346 e. The molecule has 3 aromatic rings. The number of aliphatic hydroxyl groups is 1. The van der Waals surface area contributed by atoms with Crippen LogP contribution in [0.4, 0.5) is 10.2 Å². The molecule has 4 rings (SSSR count). The van der Waals surface area contributed by atoms with E-state index < -0.39 is 54.5 Å². The number of aliphatic hydroxyl groups excluding tert-OH is 1. The van der Waals surface area contributed by atoms with Crippen LogP contribution >= 0.6 is 11.6 Å². The molecule has 1 aromatic carbocycles. The Morgan fingerprint density at radius 1 is 1.25 bits per heavy atom. The predicted octanol–water partition coefficient (Wildman–Crippen LogP) is 1.60. The Morgan fingerprint density at radius 3 is 2.58 bits per heavy atom. The molecule has 1 saturated heterocycles. The molecular formula is C25H27ClFN5O8. The van der Waals surface area contributed by atoms with Gasteiger partial charge in [-0.25, -0.2) is 19.0 Å². The monoisotopic (exact) mass is 579 g/mol. The maximum atomic E-state index is 15.3. The van der Waals surface area contributed by atoms with Crippen molar-refractivity contribution >= 4 is 46.3 Å². The van der Waals surface area contributed by atoms with Crippen LogP contribution in [-0.2, 0) is 35.0 Å². The number of nitrogens with zero attached hydrogens (tertiary/aromatic N) is 4. The van der Waals surface area contributed by atoms with E-state index in [0.717, 1.165) is 6.92 Å². The third-order valence-corrected chi connectivity index (χ3v) is 6.65. The number of aromatic nitrogens is 4. The number of methoxy groups -OCH3 is 1. The number of benzene rings is 1. The van der Waals surface area contributed by atoms with Crippen LogP contribution in [0.5, 0.6) is 0 Å². The van der Waals surface area contributed by atoms with Crippen LogP contribution in [0.2, 0.25) is 5.28 Å². The minimum atomic E-state index is -2.15. The number of imidazole rings is 1. The van der Waals surface area contributed by atoms with Crippen LogP contribution in [0.3, 0.4) is 0 Å². The van der Waals surface area contributed by atoms with E-state index in [1.165, 1.54) is 42.3 Å². The minimum Gasteiger partial charge on any atom is -0.465 e. The number of nitrogens with two attached hydrogens (primary N) is 1. The number of rotatable bonds is 10. The number of carbonyl (C=O) groups excluding carboxylic acids is 3. The topological polar surface area (TPSA) is 178 Å². The van der Waals surface area contributed by atoms with Crippen LogP contribution in [-0.4, -0.2) is 86.7 Å². The lowest BCUT2D eigenvalue weighted by atomic mass is 9.90.